The molecule has 0 spiro atoms. The minimum absolute atomic E-state index is 0.214. The standard InChI is InChI=1S/C13H17N5O2/c1-9-4-3-7-15-10(9)8-18-11(5-6-14)12(16-17-18)13(19)20-2/h3-4,7H,5-6,8,14H2,1-2H3. The minimum atomic E-state index is -0.502. The van der Waals surface area contributed by atoms with Crippen molar-refractivity contribution in [2.45, 2.75) is 19.9 Å². The summed E-state index contributed by atoms with van der Waals surface area (Å²) in [6.07, 6.45) is 2.23. The van der Waals surface area contributed by atoms with E-state index in [1.807, 2.05) is 19.1 Å². The van der Waals surface area contributed by atoms with E-state index in [1.165, 1.54) is 7.11 Å². The zero-order chi connectivity index (χ0) is 14.5. The van der Waals surface area contributed by atoms with Gasteiger partial charge >= 0.3 is 5.97 Å². The third kappa shape index (κ3) is 2.83. The largest absolute Gasteiger partial charge is 0.464 e. The number of nitrogens with zero attached hydrogens (tertiary/aromatic N) is 4. The molecule has 2 N–H and O–H groups in total. The lowest BCUT2D eigenvalue weighted by Crippen LogP contribution is -2.15. The summed E-state index contributed by atoms with van der Waals surface area (Å²) in [7, 11) is 1.32. The van der Waals surface area contributed by atoms with Gasteiger partial charge in [0, 0.05) is 12.6 Å². The molecule has 0 aliphatic heterocycles. The quantitative estimate of drug-likeness (QED) is 0.789. The van der Waals surface area contributed by atoms with Crippen LogP contribution in [0.25, 0.3) is 0 Å². The lowest BCUT2D eigenvalue weighted by Gasteiger charge is -2.08. The predicted octanol–water partition coefficient (Wildman–Crippen LogP) is 0.318. The number of carbonyl (C=O) groups excluding carboxylic acids is 1. The van der Waals surface area contributed by atoms with Crippen molar-refractivity contribution in [1.82, 2.24) is 20.0 Å². The lowest BCUT2D eigenvalue weighted by atomic mass is 10.2. The summed E-state index contributed by atoms with van der Waals surface area (Å²) >= 11 is 0. The van der Waals surface area contributed by atoms with Crippen LogP contribution in [0.5, 0.6) is 0 Å². The second-order valence-electron chi connectivity index (χ2n) is 4.34. The highest BCUT2D eigenvalue weighted by Crippen LogP contribution is 2.11. The molecule has 0 saturated heterocycles. The van der Waals surface area contributed by atoms with Gasteiger partial charge in [0.05, 0.1) is 25.0 Å². The Hall–Kier alpha value is -2.28. The van der Waals surface area contributed by atoms with Crippen molar-refractivity contribution in [2.24, 2.45) is 5.73 Å². The fraction of sp³-hybridized carbons (Fsp3) is 0.385. The van der Waals surface area contributed by atoms with Crippen LogP contribution in [-0.4, -0.2) is 39.6 Å². The highest BCUT2D eigenvalue weighted by molar-refractivity contribution is 5.88. The molecule has 0 atom stereocenters. The van der Waals surface area contributed by atoms with Gasteiger partial charge in [0.2, 0.25) is 0 Å². The second kappa shape index (κ2) is 6.25. The summed E-state index contributed by atoms with van der Waals surface area (Å²) in [6, 6.07) is 3.85. The molecule has 20 heavy (non-hydrogen) atoms. The van der Waals surface area contributed by atoms with Crippen molar-refractivity contribution in [3.63, 3.8) is 0 Å². The fourth-order valence-corrected chi connectivity index (χ4v) is 1.92. The van der Waals surface area contributed by atoms with E-state index in [0.29, 0.717) is 25.2 Å². The molecule has 0 aliphatic rings. The van der Waals surface area contributed by atoms with E-state index in [1.54, 1.807) is 10.9 Å². The van der Waals surface area contributed by atoms with Gasteiger partial charge in [-0.25, -0.2) is 9.48 Å². The summed E-state index contributed by atoms with van der Waals surface area (Å²) < 4.78 is 6.35. The molecule has 7 heteroatoms. The molecule has 106 valence electrons. The highest BCUT2D eigenvalue weighted by atomic mass is 16.5. The van der Waals surface area contributed by atoms with E-state index in [0.717, 1.165) is 11.3 Å². The van der Waals surface area contributed by atoms with Gasteiger partial charge in [-0.15, -0.1) is 5.10 Å². The van der Waals surface area contributed by atoms with Gasteiger partial charge in [0.25, 0.3) is 0 Å². The Morgan fingerprint density at radius 2 is 2.30 bits per heavy atom. The first-order chi connectivity index (χ1) is 9.67. The van der Waals surface area contributed by atoms with Gasteiger partial charge < -0.3 is 10.5 Å². The zero-order valence-corrected chi connectivity index (χ0v) is 11.5. The zero-order valence-electron chi connectivity index (χ0n) is 11.5. The number of esters is 1. The number of ether oxygens (including phenoxy) is 1. The van der Waals surface area contributed by atoms with Gasteiger partial charge in [-0.3, -0.25) is 4.98 Å². The van der Waals surface area contributed by atoms with Gasteiger partial charge in [0.1, 0.15) is 0 Å². The number of carbonyl (C=O) groups is 1. The van der Waals surface area contributed by atoms with E-state index < -0.39 is 5.97 Å². The third-order valence-corrected chi connectivity index (χ3v) is 3.01. The molecule has 0 aliphatic carbocycles. The number of hydrogen-bond donors (Lipinski definition) is 1. The summed E-state index contributed by atoms with van der Waals surface area (Å²) in [5.41, 5.74) is 8.41. The molecule has 2 rings (SSSR count). The van der Waals surface area contributed by atoms with Crippen LogP contribution >= 0.6 is 0 Å². The topological polar surface area (TPSA) is 95.9 Å². The number of aryl methyl sites for hydroxylation is 1. The molecule has 2 heterocycles. The molecular formula is C13H17N5O2. The van der Waals surface area contributed by atoms with E-state index in [-0.39, 0.29) is 5.69 Å². The number of hydrogen-bond acceptors (Lipinski definition) is 6. The van der Waals surface area contributed by atoms with E-state index in [9.17, 15) is 4.79 Å². The molecule has 0 saturated carbocycles. The molecule has 7 nitrogen and oxygen atoms in total. The Kier molecular flexibility index (Phi) is 4.41. The first-order valence-corrected chi connectivity index (χ1v) is 6.28. The van der Waals surface area contributed by atoms with Crippen molar-refractivity contribution in [3.05, 3.63) is 41.0 Å². The Labute approximate surface area is 116 Å². The van der Waals surface area contributed by atoms with Crippen LogP contribution < -0.4 is 5.73 Å². The van der Waals surface area contributed by atoms with Gasteiger partial charge in [-0.05, 0) is 25.1 Å². The molecule has 2 aromatic rings. The number of pyridine rings is 1. The van der Waals surface area contributed by atoms with E-state index in [4.69, 9.17) is 10.5 Å². The summed E-state index contributed by atoms with van der Waals surface area (Å²) in [5, 5.41) is 7.90. The monoisotopic (exact) mass is 275 g/mol. The first-order valence-electron chi connectivity index (χ1n) is 6.28. The van der Waals surface area contributed by atoms with Crippen LogP contribution in [0, 0.1) is 6.92 Å². The van der Waals surface area contributed by atoms with Crippen molar-refractivity contribution in [2.75, 3.05) is 13.7 Å². The predicted molar refractivity (Wildman–Crippen MR) is 72.2 cm³/mol. The molecule has 0 bridgehead atoms. The third-order valence-electron chi connectivity index (χ3n) is 3.01. The van der Waals surface area contributed by atoms with Gasteiger partial charge in [0.15, 0.2) is 5.69 Å². The first kappa shape index (κ1) is 14.1. The highest BCUT2D eigenvalue weighted by Gasteiger charge is 2.20. The van der Waals surface area contributed by atoms with Crippen LogP contribution in [0.1, 0.15) is 27.4 Å². The molecular weight excluding hydrogens is 258 g/mol. The number of methoxy groups -OCH3 is 1. The summed E-state index contributed by atoms with van der Waals surface area (Å²) in [6.45, 7) is 2.83. The summed E-state index contributed by atoms with van der Waals surface area (Å²) in [4.78, 5) is 16.0. The van der Waals surface area contributed by atoms with Crippen LogP contribution in [0.3, 0.4) is 0 Å². The number of rotatable bonds is 5. The Morgan fingerprint density at radius 1 is 1.50 bits per heavy atom. The van der Waals surface area contributed by atoms with Crippen LogP contribution in [0.2, 0.25) is 0 Å². The lowest BCUT2D eigenvalue weighted by molar-refractivity contribution is 0.0592. The molecule has 0 fully saturated rings. The molecule has 2 aromatic heterocycles. The Bertz CT molecular complexity index is 609. The minimum Gasteiger partial charge on any atom is -0.464 e. The maximum atomic E-state index is 11.6. The van der Waals surface area contributed by atoms with E-state index >= 15 is 0 Å². The van der Waals surface area contributed by atoms with Crippen molar-refractivity contribution >= 4 is 5.97 Å². The average Bonchev–Trinajstić information content (AvgIpc) is 2.84. The van der Waals surface area contributed by atoms with Crippen LogP contribution in [0.4, 0.5) is 0 Å². The summed E-state index contributed by atoms with van der Waals surface area (Å²) in [5.74, 6) is -0.502. The molecule has 0 amide bonds. The van der Waals surface area contributed by atoms with Crippen molar-refractivity contribution in [1.29, 1.82) is 0 Å². The SMILES string of the molecule is COC(=O)c1nnn(Cc2ncccc2C)c1CCN. The van der Waals surface area contributed by atoms with Crippen molar-refractivity contribution in [3.8, 4) is 0 Å². The van der Waals surface area contributed by atoms with Crippen molar-refractivity contribution < 1.29 is 9.53 Å². The maximum Gasteiger partial charge on any atom is 0.360 e. The van der Waals surface area contributed by atoms with E-state index in [2.05, 4.69) is 15.3 Å². The van der Waals surface area contributed by atoms with Crippen LogP contribution in [-0.2, 0) is 17.7 Å². The molecule has 0 radical (unpaired) electrons. The molecule has 0 unspecified atom stereocenters. The Morgan fingerprint density at radius 3 is 2.95 bits per heavy atom. The molecule has 0 aromatic carbocycles. The van der Waals surface area contributed by atoms with Gasteiger partial charge in [-0.2, -0.15) is 0 Å². The Balaban J connectivity index is 2.34. The average molecular weight is 275 g/mol. The fourth-order valence-electron chi connectivity index (χ4n) is 1.92. The smallest absolute Gasteiger partial charge is 0.360 e. The number of aromatic nitrogens is 4. The number of nitrogens with two attached hydrogens (primary N) is 1. The van der Waals surface area contributed by atoms with Crippen LogP contribution in [0.15, 0.2) is 18.3 Å². The normalized spacial score (nSPS) is 10.6. The second-order valence-corrected chi connectivity index (χ2v) is 4.34. The maximum absolute atomic E-state index is 11.6. The van der Waals surface area contributed by atoms with Gasteiger partial charge in [-0.1, -0.05) is 11.3 Å².